The summed E-state index contributed by atoms with van der Waals surface area (Å²) in [6, 6.07) is 7.73. The molecule has 0 spiro atoms. The SMILES string of the molecule is C=CC(=O)OCCOc1cc(C)ccc1C(C)(C)c1cc(OC(=O)C=C)c(C)c(OCC)c1OCC. The van der Waals surface area contributed by atoms with Crippen LogP contribution in [0.15, 0.2) is 49.6 Å². The van der Waals surface area contributed by atoms with Crippen molar-refractivity contribution in [3.05, 3.63) is 71.8 Å². The lowest BCUT2D eigenvalue weighted by Gasteiger charge is -2.32. The van der Waals surface area contributed by atoms with Gasteiger partial charge in [0.05, 0.1) is 13.2 Å². The molecule has 2 aromatic rings. The van der Waals surface area contributed by atoms with Crippen LogP contribution in [0.3, 0.4) is 0 Å². The molecule has 0 saturated heterocycles. The van der Waals surface area contributed by atoms with Crippen LogP contribution in [0, 0.1) is 13.8 Å². The second-order valence-corrected chi connectivity index (χ2v) is 8.54. The Bertz CT molecular complexity index is 1120. The predicted octanol–water partition coefficient (Wildman–Crippen LogP) is 5.63. The van der Waals surface area contributed by atoms with E-state index in [0.29, 0.717) is 41.8 Å². The lowest BCUT2D eigenvalue weighted by molar-refractivity contribution is -0.138. The third kappa shape index (κ3) is 6.68. The molecular formula is C29H36O7. The predicted molar refractivity (Wildman–Crippen MR) is 139 cm³/mol. The molecule has 0 aliphatic rings. The molecule has 7 heteroatoms. The van der Waals surface area contributed by atoms with Crippen LogP contribution in [0.4, 0.5) is 0 Å². The summed E-state index contributed by atoms with van der Waals surface area (Å²) in [6.07, 6.45) is 2.23. The summed E-state index contributed by atoms with van der Waals surface area (Å²) in [5.74, 6) is 1.02. The number of ether oxygens (including phenoxy) is 5. The average molecular weight is 497 g/mol. The zero-order valence-corrected chi connectivity index (χ0v) is 22.1. The average Bonchev–Trinajstić information content (AvgIpc) is 2.85. The Morgan fingerprint density at radius 2 is 1.47 bits per heavy atom. The minimum Gasteiger partial charge on any atom is -0.490 e. The Labute approximate surface area is 213 Å². The van der Waals surface area contributed by atoms with Crippen LogP contribution in [0.25, 0.3) is 0 Å². The third-order valence-corrected chi connectivity index (χ3v) is 5.63. The first kappa shape index (κ1) is 28.5. The van der Waals surface area contributed by atoms with Crippen molar-refractivity contribution in [3.63, 3.8) is 0 Å². The van der Waals surface area contributed by atoms with E-state index in [4.69, 9.17) is 23.7 Å². The van der Waals surface area contributed by atoms with Crippen molar-refractivity contribution in [2.45, 2.75) is 47.0 Å². The second kappa shape index (κ2) is 12.8. The number of esters is 2. The standard InChI is InChI=1S/C29H36O7/c1-9-25(30)35-16-15-34-24-17-19(5)13-14-21(24)29(7,8)22-18-23(36-26(31)10-2)20(6)27(32-11-3)28(22)33-12-4/h9-10,13-14,17-18H,1-2,11-12,15-16H2,3-8H3. The van der Waals surface area contributed by atoms with Crippen LogP contribution in [-0.2, 0) is 19.7 Å². The summed E-state index contributed by atoms with van der Waals surface area (Å²) >= 11 is 0. The maximum Gasteiger partial charge on any atom is 0.335 e. The highest BCUT2D eigenvalue weighted by atomic mass is 16.6. The van der Waals surface area contributed by atoms with E-state index in [9.17, 15) is 9.59 Å². The van der Waals surface area contributed by atoms with Crippen molar-refractivity contribution in [2.75, 3.05) is 26.4 Å². The third-order valence-electron chi connectivity index (χ3n) is 5.63. The van der Waals surface area contributed by atoms with Gasteiger partial charge in [-0.05, 0) is 45.4 Å². The zero-order chi connectivity index (χ0) is 26.9. The van der Waals surface area contributed by atoms with Crippen molar-refractivity contribution in [1.82, 2.24) is 0 Å². The van der Waals surface area contributed by atoms with Crippen molar-refractivity contribution in [1.29, 1.82) is 0 Å². The fourth-order valence-corrected chi connectivity index (χ4v) is 3.80. The maximum atomic E-state index is 12.1. The maximum absolute atomic E-state index is 12.1. The van der Waals surface area contributed by atoms with Gasteiger partial charge in [-0.3, -0.25) is 0 Å². The van der Waals surface area contributed by atoms with Crippen molar-refractivity contribution in [3.8, 4) is 23.0 Å². The van der Waals surface area contributed by atoms with Gasteiger partial charge in [0.25, 0.3) is 0 Å². The van der Waals surface area contributed by atoms with Crippen molar-refractivity contribution < 1.29 is 33.3 Å². The number of carbonyl (C=O) groups excluding carboxylic acids is 2. The van der Waals surface area contributed by atoms with Gasteiger partial charge in [0.2, 0.25) is 0 Å². The molecule has 0 radical (unpaired) electrons. The van der Waals surface area contributed by atoms with E-state index in [-0.39, 0.29) is 13.2 Å². The molecular weight excluding hydrogens is 460 g/mol. The molecule has 0 heterocycles. The molecule has 194 valence electrons. The van der Waals surface area contributed by atoms with Gasteiger partial charge in [-0.1, -0.05) is 39.1 Å². The summed E-state index contributed by atoms with van der Waals surface area (Å²) in [5, 5.41) is 0. The monoisotopic (exact) mass is 496 g/mol. The highest BCUT2D eigenvalue weighted by Gasteiger charge is 2.34. The number of hydrogen-bond acceptors (Lipinski definition) is 7. The molecule has 0 unspecified atom stereocenters. The summed E-state index contributed by atoms with van der Waals surface area (Å²) in [6.45, 7) is 19.6. The zero-order valence-electron chi connectivity index (χ0n) is 22.1. The Morgan fingerprint density at radius 3 is 2.08 bits per heavy atom. The molecule has 0 saturated carbocycles. The Kier molecular flexibility index (Phi) is 10.1. The highest BCUT2D eigenvalue weighted by molar-refractivity contribution is 5.84. The molecule has 0 fully saturated rings. The Balaban J connectivity index is 2.65. The normalized spacial score (nSPS) is 10.8. The molecule has 0 aromatic heterocycles. The van der Waals surface area contributed by atoms with Gasteiger partial charge < -0.3 is 23.7 Å². The lowest BCUT2D eigenvalue weighted by Crippen LogP contribution is -2.23. The fraction of sp³-hybridized carbons (Fsp3) is 0.379. The van der Waals surface area contributed by atoms with Crippen molar-refractivity contribution >= 4 is 11.9 Å². The second-order valence-electron chi connectivity index (χ2n) is 8.54. The number of rotatable bonds is 13. The van der Waals surface area contributed by atoms with Gasteiger partial charge in [0.1, 0.15) is 24.7 Å². The van der Waals surface area contributed by atoms with Crippen LogP contribution in [0.1, 0.15) is 49.9 Å². The van der Waals surface area contributed by atoms with Gasteiger partial charge in [-0.25, -0.2) is 9.59 Å². The largest absolute Gasteiger partial charge is 0.490 e. The van der Waals surface area contributed by atoms with E-state index < -0.39 is 17.4 Å². The quantitative estimate of drug-likeness (QED) is 0.154. The highest BCUT2D eigenvalue weighted by Crippen LogP contribution is 2.49. The lowest BCUT2D eigenvalue weighted by atomic mass is 9.76. The first-order chi connectivity index (χ1) is 17.1. The Morgan fingerprint density at radius 1 is 0.833 bits per heavy atom. The molecule has 0 N–H and O–H groups in total. The summed E-state index contributed by atoms with van der Waals surface area (Å²) < 4.78 is 28.8. The molecule has 0 aliphatic carbocycles. The molecule has 0 aliphatic heterocycles. The number of aryl methyl sites for hydroxylation is 1. The van der Waals surface area contributed by atoms with E-state index in [1.807, 2.05) is 59.7 Å². The summed E-state index contributed by atoms with van der Waals surface area (Å²) in [5.41, 5.74) is 2.63. The minimum absolute atomic E-state index is 0.0868. The molecule has 0 atom stereocenters. The smallest absolute Gasteiger partial charge is 0.335 e. The van der Waals surface area contributed by atoms with Gasteiger partial charge >= 0.3 is 11.9 Å². The van der Waals surface area contributed by atoms with Gasteiger partial charge in [-0.15, -0.1) is 0 Å². The number of carbonyl (C=O) groups is 2. The topological polar surface area (TPSA) is 80.3 Å². The van der Waals surface area contributed by atoms with E-state index in [1.165, 1.54) is 0 Å². The van der Waals surface area contributed by atoms with Crippen LogP contribution < -0.4 is 18.9 Å². The summed E-state index contributed by atoms with van der Waals surface area (Å²) in [7, 11) is 0. The fourth-order valence-electron chi connectivity index (χ4n) is 3.80. The molecule has 2 aromatic carbocycles. The van der Waals surface area contributed by atoms with Crippen LogP contribution >= 0.6 is 0 Å². The van der Waals surface area contributed by atoms with Crippen LogP contribution in [0.5, 0.6) is 23.0 Å². The van der Waals surface area contributed by atoms with E-state index in [1.54, 1.807) is 6.07 Å². The van der Waals surface area contributed by atoms with Crippen LogP contribution in [-0.4, -0.2) is 38.4 Å². The van der Waals surface area contributed by atoms with Crippen molar-refractivity contribution in [2.24, 2.45) is 0 Å². The van der Waals surface area contributed by atoms with Gasteiger partial charge in [0.15, 0.2) is 11.5 Å². The van der Waals surface area contributed by atoms with E-state index >= 15 is 0 Å². The molecule has 0 bridgehead atoms. The molecule has 7 nitrogen and oxygen atoms in total. The number of hydrogen-bond donors (Lipinski definition) is 0. The van der Waals surface area contributed by atoms with E-state index in [0.717, 1.165) is 28.8 Å². The molecule has 36 heavy (non-hydrogen) atoms. The van der Waals surface area contributed by atoms with E-state index in [2.05, 4.69) is 13.2 Å². The van der Waals surface area contributed by atoms with Gasteiger partial charge in [-0.2, -0.15) is 0 Å². The minimum atomic E-state index is -0.666. The summed E-state index contributed by atoms with van der Waals surface area (Å²) in [4.78, 5) is 23.4. The number of benzene rings is 2. The first-order valence-electron chi connectivity index (χ1n) is 11.9. The van der Waals surface area contributed by atoms with Crippen LogP contribution in [0.2, 0.25) is 0 Å². The van der Waals surface area contributed by atoms with Gasteiger partial charge in [0, 0.05) is 34.3 Å². The molecule has 2 rings (SSSR count). The molecule has 0 amide bonds. The first-order valence-corrected chi connectivity index (χ1v) is 11.9. The Hall–Kier alpha value is -3.74.